The van der Waals surface area contributed by atoms with E-state index in [1.54, 1.807) is 13.1 Å². The predicted octanol–water partition coefficient (Wildman–Crippen LogP) is 1.47. The fourth-order valence-corrected chi connectivity index (χ4v) is 4.24. The minimum atomic E-state index is -0.815. The van der Waals surface area contributed by atoms with Gasteiger partial charge in [-0.15, -0.1) is 0 Å². The van der Waals surface area contributed by atoms with Crippen LogP contribution in [0.4, 0.5) is 15.8 Å². The summed E-state index contributed by atoms with van der Waals surface area (Å²) in [6, 6.07) is 3.64. The molecule has 2 aromatic rings. The second kappa shape index (κ2) is 7.70. The molecule has 5 rings (SSSR count). The van der Waals surface area contributed by atoms with Crippen LogP contribution in [0.3, 0.4) is 0 Å². The molecule has 1 spiro atoms. The summed E-state index contributed by atoms with van der Waals surface area (Å²) in [6.07, 6.45) is 2.80. The van der Waals surface area contributed by atoms with Gasteiger partial charge in [-0.1, -0.05) is 0 Å². The Morgan fingerprint density at radius 3 is 2.69 bits per heavy atom. The van der Waals surface area contributed by atoms with E-state index in [2.05, 4.69) is 30.4 Å². The Balaban J connectivity index is 1.24. The Labute approximate surface area is 185 Å². The van der Waals surface area contributed by atoms with Gasteiger partial charge in [0.15, 0.2) is 17.2 Å². The Hall–Kier alpha value is -3.27. The lowest BCUT2D eigenvalue weighted by molar-refractivity contribution is -0.125. The van der Waals surface area contributed by atoms with E-state index in [-0.39, 0.29) is 17.5 Å². The molecule has 2 aliphatic heterocycles. The fraction of sp³-hybridized carbons (Fsp3) is 0.455. The number of halogens is 1. The van der Waals surface area contributed by atoms with Gasteiger partial charge in [0, 0.05) is 52.6 Å². The SMILES string of the molecule is CNC(=O)c1ccc(N2CCN(Cc3ncc4c(c3F)NC(=O)C3(CC3)O4)CC2)c(C)n1. The van der Waals surface area contributed by atoms with Crippen molar-refractivity contribution in [3.05, 3.63) is 41.2 Å². The minimum absolute atomic E-state index is 0.0917. The van der Waals surface area contributed by atoms with Crippen molar-refractivity contribution in [3.63, 3.8) is 0 Å². The molecule has 2 N–H and O–H groups in total. The van der Waals surface area contributed by atoms with Crippen molar-refractivity contribution in [3.8, 4) is 5.75 Å². The lowest BCUT2D eigenvalue weighted by Gasteiger charge is -2.36. The number of hydrogen-bond acceptors (Lipinski definition) is 7. The largest absolute Gasteiger partial charge is 0.473 e. The van der Waals surface area contributed by atoms with Crippen molar-refractivity contribution in [1.29, 1.82) is 0 Å². The lowest BCUT2D eigenvalue weighted by atomic mass is 10.1. The normalized spacial score (nSPS) is 19.2. The van der Waals surface area contributed by atoms with E-state index in [4.69, 9.17) is 4.74 Å². The number of ether oxygens (including phenoxy) is 1. The number of hydrogen-bond donors (Lipinski definition) is 2. The first-order valence-corrected chi connectivity index (χ1v) is 10.7. The van der Waals surface area contributed by atoms with Gasteiger partial charge in [0.1, 0.15) is 11.4 Å². The summed E-state index contributed by atoms with van der Waals surface area (Å²) in [5.41, 5.74) is 1.75. The van der Waals surface area contributed by atoms with Crippen molar-refractivity contribution in [2.75, 3.05) is 43.4 Å². The average molecular weight is 440 g/mol. The molecule has 1 saturated carbocycles. The lowest BCUT2D eigenvalue weighted by Crippen LogP contribution is -2.46. The number of nitrogens with one attached hydrogen (secondary N) is 2. The molecule has 2 aromatic heterocycles. The number of amides is 2. The van der Waals surface area contributed by atoms with Gasteiger partial charge in [-0.05, 0) is 19.1 Å². The van der Waals surface area contributed by atoms with Gasteiger partial charge >= 0.3 is 0 Å². The van der Waals surface area contributed by atoms with Crippen LogP contribution < -0.4 is 20.3 Å². The molecule has 2 amide bonds. The minimum Gasteiger partial charge on any atom is -0.473 e. The molecule has 0 atom stereocenters. The smallest absolute Gasteiger partial charge is 0.269 e. The van der Waals surface area contributed by atoms with Crippen LogP contribution in [-0.4, -0.2) is 65.5 Å². The summed E-state index contributed by atoms with van der Waals surface area (Å²) in [7, 11) is 1.58. The van der Waals surface area contributed by atoms with Crippen molar-refractivity contribution >= 4 is 23.2 Å². The molecule has 0 radical (unpaired) electrons. The average Bonchev–Trinajstić information content (AvgIpc) is 3.57. The van der Waals surface area contributed by atoms with Crippen LogP contribution in [0.15, 0.2) is 18.3 Å². The summed E-state index contributed by atoms with van der Waals surface area (Å²) in [6.45, 7) is 5.18. The number of piperazine rings is 1. The third kappa shape index (κ3) is 3.54. The number of anilines is 2. The zero-order valence-corrected chi connectivity index (χ0v) is 18.1. The summed E-state index contributed by atoms with van der Waals surface area (Å²) in [5, 5.41) is 5.25. The molecule has 3 aliphatic rings. The third-order valence-electron chi connectivity index (χ3n) is 6.32. The summed E-state index contributed by atoms with van der Waals surface area (Å²) in [4.78, 5) is 37.0. The van der Waals surface area contributed by atoms with Crippen molar-refractivity contribution in [2.24, 2.45) is 0 Å². The van der Waals surface area contributed by atoms with E-state index in [0.29, 0.717) is 36.5 Å². The molecule has 0 unspecified atom stereocenters. The highest BCUT2D eigenvalue weighted by Gasteiger charge is 2.56. The number of carbonyl (C=O) groups is 2. The predicted molar refractivity (Wildman–Crippen MR) is 115 cm³/mol. The molecule has 10 heteroatoms. The monoisotopic (exact) mass is 440 g/mol. The van der Waals surface area contributed by atoms with E-state index >= 15 is 4.39 Å². The van der Waals surface area contributed by atoms with Crippen molar-refractivity contribution < 1.29 is 18.7 Å². The highest BCUT2D eigenvalue weighted by molar-refractivity contribution is 6.02. The van der Waals surface area contributed by atoms with Gasteiger partial charge in [-0.2, -0.15) is 0 Å². The number of aryl methyl sites for hydroxylation is 1. The second-order valence-corrected chi connectivity index (χ2v) is 8.45. The van der Waals surface area contributed by atoms with Gasteiger partial charge in [-0.3, -0.25) is 19.5 Å². The van der Waals surface area contributed by atoms with E-state index in [1.165, 1.54) is 6.20 Å². The number of nitrogens with zero attached hydrogens (tertiary/aromatic N) is 4. The molecular weight excluding hydrogens is 415 g/mol. The summed E-state index contributed by atoms with van der Waals surface area (Å²) < 4.78 is 20.8. The van der Waals surface area contributed by atoms with Gasteiger partial charge in [0.05, 0.1) is 23.3 Å². The fourth-order valence-electron chi connectivity index (χ4n) is 4.24. The molecule has 1 saturated heterocycles. The Morgan fingerprint density at radius 1 is 1.28 bits per heavy atom. The molecular formula is C22H25FN6O3. The zero-order chi connectivity index (χ0) is 22.5. The Bertz CT molecular complexity index is 1100. The standard InChI is InChI=1S/C22H25FN6O3/c1-13-16(4-3-14(26-13)20(30)24-2)29-9-7-28(8-10-29)12-15-18(23)19-17(11-25-15)32-22(5-6-22)21(31)27-19/h3-4,11H,5-10,12H2,1-2H3,(H,24,30)(H,27,31). The number of aromatic nitrogens is 2. The maximum atomic E-state index is 15.0. The Kier molecular flexibility index (Phi) is 4.96. The summed E-state index contributed by atoms with van der Waals surface area (Å²) >= 11 is 0. The van der Waals surface area contributed by atoms with Gasteiger partial charge in [-0.25, -0.2) is 9.37 Å². The molecule has 32 heavy (non-hydrogen) atoms. The van der Waals surface area contributed by atoms with Crippen LogP contribution in [0.25, 0.3) is 0 Å². The highest BCUT2D eigenvalue weighted by atomic mass is 19.1. The van der Waals surface area contributed by atoms with Gasteiger partial charge in [0.25, 0.3) is 11.8 Å². The maximum Gasteiger partial charge on any atom is 0.269 e. The van der Waals surface area contributed by atoms with Crippen LogP contribution in [0.5, 0.6) is 5.75 Å². The van der Waals surface area contributed by atoms with Crippen LogP contribution in [0.1, 0.15) is 34.7 Å². The quantitative estimate of drug-likeness (QED) is 0.743. The van der Waals surface area contributed by atoms with Crippen LogP contribution >= 0.6 is 0 Å². The van der Waals surface area contributed by atoms with E-state index in [1.807, 2.05) is 13.0 Å². The number of carbonyl (C=O) groups excluding carboxylic acids is 2. The van der Waals surface area contributed by atoms with E-state index in [0.717, 1.165) is 37.6 Å². The maximum absolute atomic E-state index is 15.0. The first-order chi connectivity index (χ1) is 15.4. The number of rotatable bonds is 4. The number of pyridine rings is 2. The first-order valence-electron chi connectivity index (χ1n) is 10.7. The second-order valence-electron chi connectivity index (χ2n) is 8.45. The van der Waals surface area contributed by atoms with E-state index in [9.17, 15) is 9.59 Å². The molecule has 0 bridgehead atoms. The molecule has 2 fully saturated rings. The molecule has 9 nitrogen and oxygen atoms in total. The number of fused-ring (bicyclic) bond motifs is 1. The zero-order valence-electron chi connectivity index (χ0n) is 18.1. The molecule has 1 aliphatic carbocycles. The summed E-state index contributed by atoms with van der Waals surface area (Å²) in [5.74, 6) is -0.714. The first kappa shape index (κ1) is 20.6. The third-order valence-corrected chi connectivity index (χ3v) is 6.32. The van der Waals surface area contributed by atoms with Crippen LogP contribution in [0, 0.1) is 12.7 Å². The topological polar surface area (TPSA) is 99.7 Å². The van der Waals surface area contributed by atoms with Crippen LogP contribution in [-0.2, 0) is 11.3 Å². The Morgan fingerprint density at radius 2 is 2.03 bits per heavy atom. The van der Waals surface area contributed by atoms with Crippen molar-refractivity contribution in [2.45, 2.75) is 31.9 Å². The molecule has 0 aromatic carbocycles. The van der Waals surface area contributed by atoms with Gasteiger partial charge in [0.2, 0.25) is 0 Å². The van der Waals surface area contributed by atoms with E-state index < -0.39 is 11.4 Å². The highest BCUT2D eigenvalue weighted by Crippen LogP contribution is 2.47. The van der Waals surface area contributed by atoms with Crippen LogP contribution in [0.2, 0.25) is 0 Å². The molecule has 4 heterocycles. The van der Waals surface area contributed by atoms with Gasteiger partial charge < -0.3 is 20.3 Å². The molecule has 168 valence electrons. The van der Waals surface area contributed by atoms with Crippen molar-refractivity contribution in [1.82, 2.24) is 20.2 Å².